The SMILES string of the molecule is CC(CCc1nc(C(=O)NN2CC[C@@H](NC(=O)OCc3ccccc3)C2=O)cs1)CNC(=O)OCc1ccccc1. The topological polar surface area (TPSA) is 139 Å². The average Bonchev–Trinajstić information content (AvgIpc) is 3.61. The molecule has 2 aromatic carbocycles. The van der Waals surface area contributed by atoms with E-state index in [0.717, 1.165) is 22.6 Å². The molecule has 0 aliphatic carbocycles. The minimum Gasteiger partial charge on any atom is -0.445 e. The zero-order valence-electron chi connectivity index (χ0n) is 22.7. The summed E-state index contributed by atoms with van der Waals surface area (Å²) >= 11 is 1.36. The summed E-state index contributed by atoms with van der Waals surface area (Å²) in [5, 5.41) is 8.94. The second kappa shape index (κ2) is 14.8. The Morgan fingerprint density at radius 3 is 2.29 bits per heavy atom. The highest BCUT2D eigenvalue weighted by Crippen LogP contribution is 2.16. The van der Waals surface area contributed by atoms with Crippen molar-refractivity contribution >= 4 is 35.3 Å². The van der Waals surface area contributed by atoms with Gasteiger partial charge in [-0.05, 0) is 36.3 Å². The number of benzene rings is 2. The van der Waals surface area contributed by atoms with E-state index in [1.54, 1.807) is 5.38 Å². The number of carbonyl (C=O) groups is 4. The maximum Gasteiger partial charge on any atom is 0.408 e. The van der Waals surface area contributed by atoms with Crippen LogP contribution in [0.4, 0.5) is 9.59 Å². The van der Waals surface area contributed by atoms with E-state index in [1.165, 1.54) is 16.3 Å². The number of alkyl carbamates (subject to hydrolysis) is 2. The van der Waals surface area contributed by atoms with Gasteiger partial charge in [0.25, 0.3) is 11.8 Å². The third kappa shape index (κ3) is 9.31. The molecule has 3 N–H and O–H groups in total. The Morgan fingerprint density at radius 2 is 1.63 bits per heavy atom. The first-order chi connectivity index (χ1) is 19.9. The van der Waals surface area contributed by atoms with Gasteiger partial charge in [0, 0.05) is 18.5 Å². The summed E-state index contributed by atoms with van der Waals surface area (Å²) in [5.41, 5.74) is 4.55. The smallest absolute Gasteiger partial charge is 0.408 e. The van der Waals surface area contributed by atoms with Crippen LogP contribution in [0.3, 0.4) is 0 Å². The van der Waals surface area contributed by atoms with Crippen LogP contribution in [0.1, 0.15) is 46.4 Å². The van der Waals surface area contributed by atoms with Crippen LogP contribution in [0.25, 0.3) is 0 Å². The summed E-state index contributed by atoms with van der Waals surface area (Å²) in [7, 11) is 0. The van der Waals surface area contributed by atoms with Gasteiger partial charge in [0.15, 0.2) is 0 Å². The van der Waals surface area contributed by atoms with Crippen LogP contribution in [-0.2, 0) is 33.9 Å². The lowest BCUT2D eigenvalue weighted by Crippen LogP contribution is -2.48. The second-order valence-corrected chi connectivity index (χ2v) is 10.6. The second-order valence-electron chi connectivity index (χ2n) is 9.69. The predicted molar refractivity (Wildman–Crippen MR) is 152 cm³/mol. The minimum atomic E-state index is -0.782. The molecule has 3 aromatic rings. The van der Waals surface area contributed by atoms with Crippen LogP contribution in [0.5, 0.6) is 0 Å². The minimum absolute atomic E-state index is 0.0940. The summed E-state index contributed by atoms with van der Waals surface area (Å²) < 4.78 is 10.4. The van der Waals surface area contributed by atoms with E-state index in [4.69, 9.17) is 9.47 Å². The Balaban J connectivity index is 1.13. The third-order valence-electron chi connectivity index (χ3n) is 6.39. The molecule has 0 radical (unpaired) electrons. The largest absolute Gasteiger partial charge is 0.445 e. The molecule has 1 saturated heterocycles. The van der Waals surface area contributed by atoms with Crippen molar-refractivity contribution in [2.24, 2.45) is 5.92 Å². The van der Waals surface area contributed by atoms with Crippen molar-refractivity contribution in [2.75, 3.05) is 13.1 Å². The van der Waals surface area contributed by atoms with Gasteiger partial charge >= 0.3 is 12.2 Å². The molecular formula is C29H33N5O6S. The molecule has 216 valence electrons. The molecule has 11 nitrogen and oxygen atoms in total. The van der Waals surface area contributed by atoms with Gasteiger partial charge in [-0.15, -0.1) is 11.3 Å². The summed E-state index contributed by atoms with van der Waals surface area (Å²) in [6.45, 7) is 3.03. The van der Waals surface area contributed by atoms with Crippen molar-refractivity contribution in [2.45, 2.75) is 45.4 Å². The van der Waals surface area contributed by atoms with Crippen molar-refractivity contribution < 1.29 is 28.7 Å². The van der Waals surface area contributed by atoms with E-state index in [1.807, 2.05) is 67.6 Å². The molecule has 0 bridgehead atoms. The van der Waals surface area contributed by atoms with Gasteiger partial charge in [0.2, 0.25) is 0 Å². The van der Waals surface area contributed by atoms with Crippen molar-refractivity contribution in [1.29, 1.82) is 0 Å². The molecule has 4 rings (SSSR count). The summed E-state index contributed by atoms with van der Waals surface area (Å²) in [6.07, 6.45) is 0.573. The van der Waals surface area contributed by atoms with Gasteiger partial charge in [-0.2, -0.15) is 0 Å². The lowest BCUT2D eigenvalue weighted by molar-refractivity contribution is -0.131. The first kappa shape index (κ1) is 29.5. The number of amides is 4. The van der Waals surface area contributed by atoms with Crippen LogP contribution in [0.15, 0.2) is 66.0 Å². The van der Waals surface area contributed by atoms with Gasteiger partial charge in [0.1, 0.15) is 24.9 Å². The number of aromatic nitrogens is 1. The highest BCUT2D eigenvalue weighted by Gasteiger charge is 2.34. The number of ether oxygens (including phenoxy) is 2. The molecule has 4 amide bonds. The van der Waals surface area contributed by atoms with E-state index >= 15 is 0 Å². The van der Waals surface area contributed by atoms with E-state index in [0.29, 0.717) is 19.4 Å². The molecule has 1 aliphatic rings. The van der Waals surface area contributed by atoms with Gasteiger partial charge < -0.3 is 20.1 Å². The Hall–Kier alpha value is -4.45. The molecule has 1 unspecified atom stereocenters. The molecule has 1 aromatic heterocycles. The molecule has 1 fully saturated rings. The summed E-state index contributed by atoms with van der Waals surface area (Å²) in [4.78, 5) is 53.8. The molecule has 2 atom stereocenters. The summed E-state index contributed by atoms with van der Waals surface area (Å²) in [6, 6.07) is 17.9. The molecule has 41 heavy (non-hydrogen) atoms. The van der Waals surface area contributed by atoms with E-state index < -0.39 is 30.0 Å². The standard InChI is InChI=1S/C29H33N5O6S/c1-20(16-30-28(37)39-17-21-8-4-2-5-9-21)12-13-25-31-24(19-41-25)26(35)33-34-15-14-23(27(34)36)32-29(38)40-18-22-10-6-3-7-11-22/h2-11,19-20,23H,12-18H2,1H3,(H,30,37)(H,32,38)(H,33,35)/t20?,23-/m1/s1. The maximum atomic E-state index is 12.7. The van der Waals surface area contributed by atoms with E-state index in [2.05, 4.69) is 21.0 Å². The van der Waals surface area contributed by atoms with Crippen LogP contribution < -0.4 is 16.1 Å². The highest BCUT2D eigenvalue weighted by molar-refractivity contribution is 7.09. The number of thiazole rings is 1. The Bertz CT molecular complexity index is 1320. The normalized spacial score (nSPS) is 15.2. The van der Waals surface area contributed by atoms with E-state index in [-0.39, 0.29) is 31.4 Å². The van der Waals surface area contributed by atoms with Crippen LogP contribution in [0.2, 0.25) is 0 Å². The number of hydrogen-bond donors (Lipinski definition) is 3. The van der Waals surface area contributed by atoms with Crippen molar-refractivity contribution in [3.63, 3.8) is 0 Å². The molecule has 2 heterocycles. The lowest BCUT2D eigenvalue weighted by Gasteiger charge is -2.17. The van der Waals surface area contributed by atoms with Crippen molar-refractivity contribution in [1.82, 2.24) is 26.1 Å². The number of nitrogens with one attached hydrogen (secondary N) is 3. The number of nitrogens with zero attached hydrogens (tertiary/aromatic N) is 2. The molecule has 1 aliphatic heterocycles. The maximum absolute atomic E-state index is 12.7. The van der Waals surface area contributed by atoms with Gasteiger partial charge in [-0.3, -0.25) is 20.0 Å². The quantitative estimate of drug-likeness (QED) is 0.297. The van der Waals surface area contributed by atoms with Crippen LogP contribution >= 0.6 is 11.3 Å². The number of aryl methyl sites for hydroxylation is 1. The average molecular weight is 580 g/mol. The van der Waals surface area contributed by atoms with Gasteiger partial charge in [0.05, 0.1) is 5.01 Å². The predicted octanol–water partition coefficient (Wildman–Crippen LogP) is 3.81. The first-order valence-electron chi connectivity index (χ1n) is 13.4. The first-order valence-corrected chi connectivity index (χ1v) is 14.2. The Labute approximate surface area is 242 Å². The Kier molecular flexibility index (Phi) is 10.7. The molecule has 0 saturated carbocycles. The molecule has 12 heteroatoms. The zero-order chi connectivity index (χ0) is 29.0. The zero-order valence-corrected chi connectivity index (χ0v) is 23.5. The van der Waals surface area contributed by atoms with Gasteiger partial charge in [-0.25, -0.2) is 14.6 Å². The third-order valence-corrected chi connectivity index (χ3v) is 7.30. The van der Waals surface area contributed by atoms with E-state index in [9.17, 15) is 19.2 Å². The highest BCUT2D eigenvalue weighted by atomic mass is 32.1. The number of rotatable bonds is 12. The fraction of sp³-hybridized carbons (Fsp3) is 0.345. The van der Waals surface area contributed by atoms with Crippen LogP contribution in [0, 0.1) is 5.92 Å². The fourth-order valence-corrected chi connectivity index (χ4v) is 4.84. The Morgan fingerprint density at radius 1 is 1.00 bits per heavy atom. The molecular weight excluding hydrogens is 546 g/mol. The number of carbonyl (C=O) groups excluding carboxylic acids is 4. The van der Waals surface area contributed by atoms with Crippen LogP contribution in [-0.4, -0.2) is 53.1 Å². The van der Waals surface area contributed by atoms with Gasteiger partial charge in [-0.1, -0.05) is 67.6 Å². The number of hydrogen-bond acceptors (Lipinski definition) is 8. The monoisotopic (exact) mass is 579 g/mol. The fourth-order valence-electron chi connectivity index (χ4n) is 4.05. The van der Waals surface area contributed by atoms with Crippen molar-refractivity contribution in [3.8, 4) is 0 Å². The van der Waals surface area contributed by atoms with Crippen molar-refractivity contribution in [3.05, 3.63) is 87.9 Å². The lowest BCUT2D eigenvalue weighted by atomic mass is 10.1. The molecule has 0 spiro atoms. The summed E-state index contributed by atoms with van der Waals surface area (Å²) in [5.74, 6) is -0.746. The number of hydrazine groups is 1.